The van der Waals surface area contributed by atoms with Crippen LogP contribution < -0.4 is 0 Å². The van der Waals surface area contributed by atoms with Crippen molar-refractivity contribution in [3.05, 3.63) is 104 Å². The molecular formula is C24H14Cl3F3N2O. The third-order valence-corrected chi connectivity index (χ3v) is 5.83. The molecule has 33 heavy (non-hydrogen) atoms. The number of benzene rings is 3. The summed E-state index contributed by atoms with van der Waals surface area (Å²) in [5, 5.41) is 5.69. The van der Waals surface area contributed by atoms with E-state index in [1.165, 1.54) is 22.9 Å². The largest absolute Gasteiger partial charge is 0.416 e. The molecule has 168 valence electrons. The van der Waals surface area contributed by atoms with E-state index in [2.05, 4.69) is 5.10 Å². The van der Waals surface area contributed by atoms with Gasteiger partial charge in [0.15, 0.2) is 0 Å². The highest BCUT2D eigenvalue weighted by Crippen LogP contribution is 2.35. The van der Waals surface area contributed by atoms with Gasteiger partial charge in [-0.3, -0.25) is 4.79 Å². The number of halogens is 6. The average molecular weight is 510 g/mol. The van der Waals surface area contributed by atoms with Crippen LogP contribution in [-0.2, 0) is 6.18 Å². The maximum absolute atomic E-state index is 13.2. The Bertz CT molecular complexity index is 1360. The first-order valence-corrected chi connectivity index (χ1v) is 10.7. The Morgan fingerprint density at radius 2 is 1.58 bits per heavy atom. The van der Waals surface area contributed by atoms with E-state index >= 15 is 0 Å². The summed E-state index contributed by atoms with van der Waals surface area (Å²) in [7, 11) is 0. The highest BCUT2D eigenvalue weighted by atomic mass is 35.5. The zero-order valence-corrected chi connectivity index (χ0v) is 19.2. The second-order valence-corrected chi connectivity index (χ2v) is 8.52. The van der Waals surface area contributed by atoms with Gasteiger partial charge < -0.3 is 0 Å². The first-order valence-electron chi connectivity index (χ1n) is 9.59. The molecule has 0 aliphatic rings. The zero-order chi connectivity index (χ0) is 23.9. The molecule has 3 aromatic carbocycles. The Labute approximate surface area is 202 Å². The molecule has 0 fully saturated rings. The Morgan fingerprint density at radius 3 is 2.21 bits per heavy atom. The lowest BCUT2D eigenvalue weighted by Gasteiger charge is -2.11. The molecule has 0 aliphatic heterocycles. The van der Waals surface area contributed by atoms with Gasteiger partial charge >= 0.3 is 6.18 Å². The molecule has 0 spiro atoms. The molecule has 1 heterocycles. The van der Waals surface area contributed by atoms with Crippen molar-refractivity contribution in [1.82, 2.24) is 9.78 Å². The van der Waals surface area contributed by atoms with E-state index in [0.717, 1.165) is 12.1 Å². The smallest absolute Gasteiger partial charge is 0.287 e. The topological polar surface area (TPSA) is 34.9 Å². The molecule has 0 bridgehead atoms. The quantitative estimate of drug-likeness (QED) is 0.261. The van der Waals surface area contributed by atoms with Gasteiger partial charge in [0.25, 0.3) is 0 Å². The van der Waals surface area contributed by atoms with Gasteiger partial charge in [0, 0.05) is 26.7 Å². The van der Waals surface area contributed by atoms with Gasteiger partial charge in [0.1, 0.15) is 5.69 Å². The van der Waals surface area contributed by atoms with Gasteiger partial charge in [-0.25, -0.2) is 4.68 Å². The van der Waals surface area contributed by atoms with Crippen LogP contribution >= 0.6 is 34.8 Å². The third-order valence-electron chi connectivity index (χ3n) is 5.04. The van der Waals surface area contributed by atoms with Crippen LogP contribution in [0.5, 0.6) is 0 Å². The predicted molar refractivity (Wildman–Crippen MR) is 124 cm³/mol. The normalized spacial score (nSPS) is 11.6. The lowest BCUT2D eigenvalue weighted by atomic mass is 10.0. The van der Waals surface area contributed by atoms with Crippen molar-refractivity contribution in [3.63, 3.8) is 0 Å². The fourth-order valence-electron chi connectivity index (χ4n) is 3.46. The number of aromatic nitrogens is 2. The van der Waals surface area contributed by atoms with Crippen LogP contribution in [0.25, 0.3) is 16.9 Å². The molecule has 9 heteroatoms. The predicted octanol–water partition coefficient (Wildman–Crippen LogP) is 8.06. The molecular weight excluding hydrogens is 496 g/mol. The minimum atomic E-state index is -4.57. The van der Waals surface area contributed by atoms with Crippen molar-refractivity contribution in [2.24, 2.45) is 0 Å². The summed E-state index contributed by atoms with van der Waals surface area (Å²) in [6.07, 6.45) is -4.57. The summed E-state index contributed by atoms with van der Waals surface area (Å²) in [5.41, 5.74) is 1.14. The molecule has 0 unspecified atom stereocenters. The van der Waals surface area contributed by atoms with Crippen LogP contribution in [0.15, 0.2) is 66.7 Å². The molecule has 0 amide bonds. The molecule has 3 nitrogen and oxygen atoms in total. The first kappa shape index (κ1) is 23.4. The molecule has 4 aromatic rings. The van der Waals surface area contributed by atoms with Crippen LogP contribution in [-0.4, -0.2) is 15.6 Å². The lowest BCUT2D eigenvalue weighted by Crippen LogP contribution is -2.09. The van der Waals surface area contributed by atoms with E-state index < -0.39 is 17.5 Å². The summed E-state index contributed by atoms with van der Waals surface area (Å²) < 4.78 is 41.0. The van der Waals surface area contributed by atoms with Crippen LogP contribution in [0.4, 0.5) is 13.2 Å². The summed E-state index contributed by atoms with van der Waals surface area (Å²) in [4.78, 5) is 13.2. The van der Waals surface area contributed by atoms with Crippen LogP contribution in [0.2, 0.25) is 15.1 Å². The Hall–Kier alpha value is -2.80. The molecule has 1 aromatic heterocycles. The average Bonchev–Trinajstić information content (AvgIpc) is 3.10. The van der Waals surface area contributed by atoms with Gasteiger partial charge in [0.05, 0.1) is 22.0 Å². The molecule has 4 rings (SSSR count). The summed E-state index contributed by atoms with van der Waals surface area (Å²) in [6, 6.07) is 15.9. The van der Waals surface area contributed by atoms with Gasteiger partial charge in [0.2, 0.25) is 5.78 Å². The maximum Gasteiger partial charge on any atom is 0.416 e. The first-order chi connectivity index (χ1) is 15.6. The number of hydrogen-bond donors (Lipinski definition) is 0. The molecule has 0 aliphatic carbocycles. The van der Waals surface area contributed by atoms with Crippen LogP contribution in [0.1, 0.15) is 27.2 Å². The molecule has 0 N–H and O–H groups in total. The maximum atomic E-state index is 13.2. The number of carbonyl (C=O) groups excluding carboxylic acids is 1. The van der Waals surface area contributed by atoms with E-state index in [9.17, 15) is 18.0 Å². The van der Waals surface area contributed by atoms with E-state index in [4.69, 9.17) is 34.8 Å². The number of carbonyl (C=O) groups is 1. The zero-order valence-electron chi connectivity index (χ0n) is 16.9. The van der Waals surface area contributed by atoms with Crippen molar-refractivity contribution in [3.8, 4) is 16.9 Å². The highest BCUT2D eigenvalue weighted by Gasteiger charge is 2.32. The van der Waals surface area contributed by atoms with Gasteiger partial charge in [-0.2, -0.15) is 18.3 Å². The number of ketones is 1. The summed E-state index contributed by atoms with van der Waals surface area (Å²) in [5.74, 6) is -0.641. The van der Waals surface area contributed by atoms with Crippen molar-refractivity contribution >= 4 is 40.6 Å². The van der Waals surface area contributed by atoms with Gasteiger partial charge in [-0.1, -0.05) is 59.1 Å². The van der Waals surface area contributed by atoms with E-state index in [-0.39, 0.29) is 11.3 Å². The van der Waals surface area contributed by atoms with E-state index in [0.29, 0.717) is 37.6 Å². The standard InChI is InChI=1S/C24H14Cl3F3N2O/c1-13-21(23(33)15-3-2-4-16(11-15)24(28,29)30)31-32(20-10-9-18(26)12-19(20)27)22(13)14-5-7-17(25)8-6-14/h2-12H,1H3. The number of nitrogens with zero attached hydrogens (tertiary/aromatic N) is 2. The van der Waals surface area contributed by atoms with Crippen LogP contribution in [0, 0.1) is 6.92 Å². The molecule has 0 saturated heterocycles. The molecule has 0 radical (unpaired) electrons. The number of rotatable bonds is 4. The highest BCUT2D eigenvalue weighted by molar-refractivity contribution is 6.35. The minimum absolute atomic E-state index is 0.00490. The SMILES string of the molecule is Cc1c(C(=O)c2cccc(C(F)(F)F)c2)nn(-c2ccc(Cl)cc2Cl)c1-c1ccc(Cl)cc1. The van der Waals surface area contributed by atoms with Crippen LogP contribution in [0.3, 0.4) is 0 Å². The monoisotopic (exact) mass is 508 g/mol. The Balaban J connectivity index is 1.92. The van der Waals surface area contributed by atoms with Gasteiger partial charge in [-0.15, -0.1) is 0 Å². The van der Waals surface area contributed by atoms with Crippen molar-refractivity contribution in [2.45, 2.75) is 13.1 Å². The second kappa shape index (κ2) is 8.86. The third kappa shape index (κ3) is 4.64. The van der Waals surface area contributed by atoms with E-state index in [1.807, 2.05) is 0 Å². The Morgan fingerprint density at radius 1 is 0.909 bits per heavy atom. The Kier molecular flexibility index (Phi) is 6.27. The number of alkyl halides is 3. The summed E-state index contributed by atoms with van der Waals surface area (Å²) >= 11 is 18.4. The van der Waals surface area contributed by atoms with E-state index in [1.54, 1.807) is 43.3 Å². The second-order valence-electron chi connectivity index (χ2n) is 7.24. The minimum Gasteiger partial charge on any atom is -0.287 e. The number of hydrogen-bond acceptors (Lipinski definition) is 2. The summed E-state index contributed by atoms with van der Waals surface area (Å²) in [6.45, 7) is 1.68. The molecule has 0 saturated carbocycles. The lowest BCUT2D eigenvalue weighted by molar-refractivity contribution is -0.137. The fraction of sp³-hybridized carbons (Fsp3) is 0.0833. The van der Waals surface area contributed by atoms with Crippen molar-refractivity contribution in [2.75, 3.05) is 0 Å². The van der Waals surface area contributed by atoms with Crippen molar-refractivity contribution in [1.29, 1.82) is 0 Å². The van der Waals surface area contributed by atoms with Crippen molar-refractivity contribution < 1.29 is 18.0 Å². The van der Waals surface area contributed by atoms with Gasteiger partial charge in [-0.05, 0) is 49.4 Å². The molecule has 0 atom stereocenters. The fourth-order valence-corrected chi connectivity index (χ4v) is 4.07.